The van der Waals surface area contributed by atoms with Gasteiger partial charge in [-0.15, -0.1) is 11.8 Å². The number of nitro benzene ring substituents is 1. The van der Waals surface area contributed by atoms with Gasteiger partial charge in [0.15, 0.2) is 0 Å². The van der Waals surface area contributed by atoms with E-state index in [1.807, 2.05) is 18.7 Å². The summed E-state index contributed by atoms with van der Waals surface area (Å²) in [5.41, 5.74) is 2.23. The van der Waals surface area contributed by atoms with Gasteiger partial charge in [0.25, 0.3) is 5.69 Å². The molecule has 0 fully saturated rings. The van der Waals surface area contributed by atoms with E-state index >= 15 is 0 Å². The second-order valence-electron chi connectivity index (χ2n) is 5.06. The largest absolute Gasteiger partial charge is 0.493 e. The van der Waals surface area contributed by atoms with E-state index in [0.717, 1.165) is 17.1 Å². The van der Waals surface area contributed by atoms with Crippen molar-refractivity contribution in [3.63, 3.8) is 0 Å². The number of hydrogen-bond acceptors (Lipinski definition) is 4. The van der Waals surface area contributed by atoms with Crippen LogP contribution in [0.2, 0.25) is 0 Å². The Morgan fingerprint density at radius 3 is 2.90 bits per heavy atom. The summed E-state index contributed by atoms with van der Waals surface area (Å²) in [6, 6.07) is 13.1. The van der Waals surface area contributed by atoms with Crippen molar-refractivity contribution < 1.29 is 9.66 Å². The van der Waals surface area contributed by atoms with Gasteiger partial charge in [-0.05, 0) is 30.2 Å². The topological polar surface area (TPSA) is 52.4 Å². The molecule has 3 rings (SSSR count). The highest BCUT2D eigenvalue weighted by Gasteiger charge is 2.23. The Hall–Kier alpha value is -2.01. The summed E-state index contributed by atoms with van der Waals surface area (Å²) < 4.78 is 5.88. The van der Waals surface area contributed by atoms with Crippen LogP contribution >= 0.6 is 11.8 Å². The van der Waals surface area contributed by atoms with Gasteiger partial charge in [-0.3, -0.25) is 10.1 Å². The first kappa shape index (κ1) is 13.9. The summed E-state index contributed by atoms with van der Waals surface area (Å²) in [5.74, 6) is 2.11. The molecule has 0 bridgehead atoms. The third kappa shape index (κ3) is 2.88. The van der Waals surface area contributed by atoms with Crippen LogP contribution in [-0.2, 0) is 0 Å². The highest BCUT2D eigenvalue weighted by atomic mass is 32.2. The summed E-state index contributed by atoms with van der Waals surface area (Å²) in [6.45, 7) is 2.43. The molecule has 5 heteroatoms. The molecule has 0 N–H and O–H groups in total. The van der Waals surface area contributed by atoms with E-state index in [-0.39, 0.29) is 10.6 Å². The molecule has 2 aromatic rings. The summed E-state index contributed by atoms with van der Waals surface area (Å²) >= 11 is 1.85. The Bertz CT molecular complexity index is 687. The molecule has 0 saturated carbocycles. The second kappa shape index (κ2) is 5.77. The summed E-state index contributed by atoms with van der Waals surface area (Å²) in [7, 11) is 0. The minimum atomic E-state index is -0.388. The van der Waals surface area contributed by atoms with Crippen LogP contribution in [0.4, 0.5) is 5.69 Å². The van der Waals surface area contributed by atoms with E-state index in [2.05, 4.69) is 24.3 Å². The minimum Gasteiger partial charge on any atom is -0.493 e. The predicted octanol–water partition coefficient (Wildman–Crippen LogP) is 4.17. The maximum absolute atomic E-state index is 10.7. The number of nitrogens with zero attached hydrogens (tertiary/aromatic N) is 1. The van der Waals surface area contributed by atoms with Crippen LogP contribution < -0.4 is 4.74 Å². The number of fused-ring (bicyclic) bond motifs is 1. The number of thioether (sulfide) groups is 1. The maximum Gasteiger partial charge on any atom is 0.269 e. The van der Waals surface area contributed by atoms with Crippen molar-refractivity contribution in [1.29, 1.82) is 0 Å². The lowest BCUT2D eigenvalue weighted by molar-refractivity contribution is -0.384. The maximum atomic E-state index is 10.7. The SMILES string of the molecule is Cc1cc([N+](=O)[O-])ccc1OCC1CSc2ccccc21. The molecule has 1 unspecified atom stereocenters. The van der Waals surface area contributed by atoms with Gasteiger partial charge in [0, 0.05) is 28.7 Å². The van der Waals surface area contributed by atoms with Gasteiger partial charge in [-0.25, -0.2) is 0 Å². The Kier molecular flexibility index (Phi) is 3.84. The Morgan fingerprint density at radius 2 is 2.14 bits per heavy atom. The van der Waals surface area contributed by atoms with Crippen molar-refractivity contribution in [3.8, 4) is 5.75 Å². The molecule has 4 nitrogen and oxygen atoms in total. The fourth-order valence-corrected chi connectivity index (χ4v) is 3.70. The number of nitro groups is 1. The average Bonchev–Trinajstić information content (AvgIpc) is 2.89. The molecule has 1 aliphatic heterocycles. The van der Waals surface area contributed by atoms with E-state index < -0.39 is 0 Å². The van der Waals surface area contributed by atoms with E-state index in [1.165, 1.54) is 16.5 Å². The van der Waals surface area contributed by atoms with Gasteiger partial charge in [0.05, 0.1) is 11.5 Å². The first-order valence-corrected chi connectivity index (χ1v) is 7.73. The summed E-state index contributed by atoms with van der Waals surface area (Å²) in [5, 5.41) is 10.7. The van der Waals surface area contributed by atoms with Crippen LogP contribution in [0, 0.1) is 17.0 Å². The predicted molar refractivity (Wildman–Crippen MR) is 83.2 cm³/mol. The fraction of sp³-hybridized carbons (Fsp3) is 0.250. The number of rotatable bonds is 4. The fourth-order valence-electron chi connectivity index (χ4n) is 2.47. The molecule has 0 aliphatic carbocycles. The standard InChI is InChI=1S/C16H15NO3S/c1-11-8-13(17(18)19)6-7-15(11)20-9-12-10-21-16-5-3-2-4-14(12)16/h2-8,12H,9-10H2,1H3. The van der Waals surface area contributed by atoms with Gasteiger partial charge in [-0.2, -0.15) is 0 Å². The van der Waals surface area contributed by atoms with Crippen LogP contribution in [0.1, 0.15) is 17.0 Å². The molecule has 1 atom stereocenters. The molecule has 0 aromatic heterocycles. The first-order chi connectivity index (χ1) is 10.1. The molecule has 0 spiro atoms. The molecule has 21 heavy (non-hydrogen) atoms. The molecular formula is C16H15NO3S. The number of ether oxygens (including phenoxy) is 1. The van der Waals surface area contributed by atoms with E-state index in [9.17, 15) is 10.1 Å². The lowest BCUT2D eigenvalue weighted by Gasteiger charge is -2.14. The molecule has 0 amide bonds. The summed E-state index contributed by atoms with van der Waals surface area (Å²) in [6.07, 6.45) is 0. The summed E-state index contributed by atoms with van der Waals surface area (Å²) in [4.78, 5) is 11.7. The quantitative estimate of drug-likeness (QED) is 0.628. The van der Waals surface area contributed by atoms with Gasteiger partial charge in [0.2, 0.25) is 0 Å². The number of non-ortho nitro benzene ring substituents is 1. The normalized spacial score (nSPS) is 16.5. The van der Waals surface area contributed by atoms with E-state index in [0.29, 0.717) is 12.5 Å². The van der Waals surface area contributed by atoms with Crippen molar-refractivity contribution >= 4 is 17.4 Å². The van der Waals surface area contributed by atoms with E-state index in [1.54, 1.807) is 12.1 Å². The van der Waals surface area contributed by atoms with Crippen molar-refractivity contribution in [1.82, 2.24) is 0 Å². The van der Waals surface area contributed by atoms with Gasteiger partial charge in [0.1, 0.15) is 5.75 Å². The minimum absolute atomic E-state index is 0.0987. The highest BCUT2D eigenvalue weighted by Crippen LogP contribution is 2.39. The van der Waals surface area contributed by atoms with Crippen LogP contribution in [0.15, 0.2) is 47.4 Å². The molecular weight excluding hydrogens is 286 g/mol. The van der Waals surface area contributed by atoms with Crippen LogP contribution in [0.5, 0.6) is 5.75 Å². The number of benzene rings is 2. The van der Waals surface area contributed by atoms with Crippen LogP contribution in [0.25, 0.3) is 0 Å². The van der Waals surface area contributed by atoms with Gasteiger partial charge >= 0.3 is 0 Å². The van der Waals surface area contributed by atoms with Crippen molar-refractivity contribution in [3.05, 3.63) is 63.7 Å². The second-order valence-corrected chi connectivity index (χ2v) is 6.13. The third-order valence-electron chi connectivity index (χ3n) is 3.61. The van der Waals surface area contributed by atoms with Crippen LogP contribution in [-0.4, -0.2) is 17.3 Å². The van der Waals surface area contributed by atoms with Gasteiger partial charge in [-0.1, -0.05) is 18.2 Å². The highest BCUT2D eigenvalue weighted by molar-refractivity contribution is 7.99. The molecule has 108 valence electrons. The zero-order valence-corrected chi connectivity index (χ0v) is 12.4. The third-order valence-corrected chi connectivity index (χ3v) is 4.86. The lowest BCUT2D eigenvalue weighted by Crippen LogP contribution is -2.10. The molecule has 0 saturated heterocycles. The molecule has 1 aliphatic rings. The van der Waals surface area contributed by atoms with Crippen molar-refractivity contribution in [2.75, 3.05) is 12.4 Å². The van der Waals surface area contributed by atoms with Crippen molar-refractivity contribution in [2.24, 2.45) is 0 Å². The zero-order chi connectivity index (χ0) is 14.8. The monoisotopic (exact) mass is 301 g/mol. The number of aryl methyl sites for hydroxylation is 1. The molecule has 2 aromatic carbocycles. The Balaban J connectivity index is 1.70. The lowest BCUT2D eigenvalue weighted by atomic mass is 10.0. The molecule has 1 heterocycles. The van der Waals surface area contributed by atoms with Crippen molar-refractivity contribution in [2.45, 2.75) is 17.7 Å². The van der Waals surface area contributed by atoms with Gasteiger partial charge < -0.3 is 4.74 Å². The van der Waals surface area contributed by atoms with Crippen LogP contribution in [0.3, 0.4) is 0 Å². The first-order valence-electron chi connectivity index (χ1n) is 6.74. The average molecular weight is 301 g/mol. The Labute approximate surface area is 127 Å². The number of hydrogen-bond donors (Lipinski definition) is 0. The zero-order valence-electron chi connectivity index (χ0n) is 11.6. The molecule has 0 radical (unpaired) electrons. The Morgan fingerprint density at radius 1 is 1.33 bits per heavy atom. The smallest absolute Gasteiger partial charge is 0.269 e. The van der Waals surface area contributed by atoms with E-state index in [4.69, 9.17) is 4.74 Å².